The summed E-state index contributed by atoms with van der Waals surface area (Å²) in [5, 5.41) is 19.9. The molecular weight excluding hydrogens is 262 g/mol. The molecule has 1 amide bonds. The minimum absolute atomic E-state index is 0.0835. The van der Waals surface area contributed by atoms with Gasteiger partial charge in [0, 0.05) is 12.8 Å². The Morgan fingerprint density at radius 1 is 1.05 bits per heavy atom. The molecule has 1 fully saturated rings. The van der Waals surface area contributed by atoms with E-state index in [1.165, 1.54) is 19.3 Å². The molecule has 1 aliphatic rings. The second-order valence-electron chi connectivity index (χ2n) is 5.43. The first-order valence-corrected chi connectivity index (χ1v) is 7.23. The molecule has 0 aromatic rings. The summed E-state index contributed by atoms with van der Waals surface area (Å²) in [6.07, 6.45) is 6.74. The normalized spacial score (nSPS) is 17.4. The monoisotopic (exact) mass is 285 g/mol. The van der Waals surface area contributed by atoms with Crippen LogP contribution in [-0.4, -0.2) is 34.1 Å². The number of carboxylic acid groups (broad SMARTS) is 2. The number of nitrogens with one attached hydrogen (secondary N) is 1. The van der Waals surface area contributed by atoms with E-state index in [0.29, 0.717) is 12.3 Å². The molecule has 1 saturated carbocycles. The SMILES string of the molecule is O=C(O)CCC(NC(=O)CCC1CCCCC1)C(=O)O. The number of carbonyl (C=O) groups excluding carboxylic acids is 1. The van der Waals surface area contributed by atoms with E-state index in [-0.39, 0.29) is 18.7 Å². The lowest BCUT2D eigenvalue weighted by atomic mass is 9.86. The molecule has 114 valence electrons. The van der Waals surface area contributed by atoms with E-state index in [0.717, 1.165) is 19.3 Å². The molecule has 1 aliphatic carbocycles. The fourth-order valence-corrected chi connectivity index (χ4v) is 2.60. The largest absolute Gasteiger partial charge is 0.481 e. The molecule has 0 radical (unpaired) electrons. The summed E-state index contributed by atoms with van der Waals surface area (Å²) in [5.41, 5.74) is 0. The predicted octanol–water partition coefficient (Wildman–Crippen LogP) is 1.78. The zero-order chi connectivity index (χ0) is 15.0. The lowest BCUT2D eigenvalue weighted by molar-refractivity contribution is -0.143. The summed E-state index contributed by atoms with van der Waals surface area (Å²) in [6, 6.07) is -1.11. The molecule has 6 heteroatoms. The number of aliphatic carboxylic acids is 2. The van der Waals surface area contributed by atoms with Gasteiger partial charge in [-0.15, -0.1) is 0 Å². The van der Waals surface area contributed by atoms with Gasteiger partial charge in [-0.1, -0.05) is 32.1 Å². The molecule has 0 aromatic heterocycles. The van der Waals surface area contributed by atoms with Crippen LogP contribution in [0.1, 0.15) is 57.8 Å². The Kier molecular flexibility index (Phi) is 7.04. The van der Waals surface area contributed by atoms with Crippen molar-refractivity contribution in [2.45, 2.75) is 63.8 Å². The van der Waals surface area contributed by atoms with Crippen LogP contribution in [0.3, 0.4) is 0 Å². The number of hydrogen-bond acceptors (Lipinski definition) is 3. The van der Waals surface area contributed by atoms with Gasteiger partial charge in [-0.05, 0) is 18.8 Å². The van der Waals surface area contributed by atoms with Crippen LogP contribution in [0.2, 0.25) is 0 Å². The van der Waals surface area contributed by atoms with E-state index in [9.17, 15) is 14.4 Å². The molecule has 6 nitrogen and oxygen atoms in total. The van der Waals surface area contributed by atoms with Crippen LogP contribution in [0, 0.1) is 5.92 Å². The lowest BCUT2D eigenvalue weighted by Gasteiger charge is -2.21. The summed E-state index contributed by atoms with van der Waals surface area (Å²) in [4.78, 5) is 33.1. The van der Waals surface area contributed by atoms with Crippen LogP contribution < -0.4 is 5.32 Å². The number of carboxylic acids is 2. The maximum Gasteiger partial charge on any atom is 0.326 e. The van der Waals surface area contributed by atoms with Gasteiger partial charge in [0.05, 0.1) is 0 Å². The van der Waals surface area contributed by atoms with Crippen molar-refractivity contribution in [3.8, 4) is 0 Å². The van der Waals surface area contributed by atoms with E-state index in [4.69, 9.17) is 10.2 Å². The Morgan fingerprint density at radius 3 is 2.25 bits per heavy atom. The fraction of sp³-hybridized carbons (Fsp3) is 0.786. The highest BCUT2D eigenvalue weighted by Gasteiger charge is 2.21. The van der Waals surface area contributed by atoms with Gasteiger partial charge in [-0.3, -0.25) is 9.59 Å². The first kappa shape index (κ1) is 16.5. The minimum Gasteiger partial charge on any atom is -0.481 e. The van der Waals surface area contributed by atoms with Crippen molar-refractivity contribution in [3.63, 3.8) is 0 Å². The highest BCUT2D eigenvalue weighted by atomic mass is 16.4. The van der Waals surface area contributed by atoms with Crippen LogP contribution in [0.25, 0.3) is 0 Å². The Hall–Kier alpha value is -1.59. The third-order valence-electron chi connectivity index (χ3n) is 3.78. The number of amides is 1. The van der Waals surface area contributed by atoms with Crippen molar-refractivity contribution in [2.24, 2.45) is 5.92 Å². The van der Waals surface area contributed by atoms with E-state index in [1.807, 2.05) is 0 Å². The van der Waals surface area contributed by atoms with E-state index < -0.39 is 18.0 Å². The van der Waals surface area contributed by atoms with Crippen LogP contribution in [0.5, 0.6) is 0 Å². The van der Waals surface area contributed by atoms with E-state index >= 15 is 0 Å². The summed E-state index contributed by atoms with van der Waals surface area (Å²) in [6.45, 7) is 0. The second-order valence-corrected chi connectivity index (χ2v) is 5.43. The van der Waals surface area contributed by atoms with Gasteiger partial charge in [0.2, 0.25) is 5.91 Å². The highest BCUT2D eigenvalue weighted by molar-refractivity contribution is 5.83. The molecule has 1 unspecified atom stereocenters. The van der Waals surface area contributed by atoms with Gasteiger partial charge in [0.15, 0.2) is 0 Å². The molecule has 0 heterocycles. The molecule has 1 rings (SSSR count). The summed E-state index contributed by atoms with van der Waals surface area (Å²) in [5.74, 6) is -1.98. The topological polar surface area (TPSA) is 104 Å². The zero-order valence-electron chi connectivity index (χ0n) is 11.6. The molecule has 0 bridgehead atoms. The Labute approximate surface area is 118 Å². The first-order chi connectivity index (χ1) is 9.49. The standard InChI is InChI=1S/C14H23NO5/c16-12(8-6-10-4-2-1-3-5-10)15-11(14(19)20)7-9-13(17)18/h10-11H,1-9H2,(H,15,16)(H,17,18)(H,19,20). The van der Waals surface area contributed by atoms with Gasteiger partial charge >= 0.3 is 11.9 Å². The zero-order valence-corrected chi connectivity index (χ0v) is 11.6. The van der Waals surface area contributed by atoms with E-state index in [1.54, 1.807) is 0 Å². The smallest absolute Gasteiger partial charge is 0.326 e. The van der Waals surface area contributed by atoms with E-state index in [2.05, 4.69) is 5.32 Å². The van der Waals surface area contributed by atoms with Crippen LogP contribution in [0.4, 0.5) is 0 Å². The number of rotatable bonds is 8. The summed E-state index contributed by atoms with van der Waals surface area (Å²) in [7, 11) is 0. The Balaban J connectivity index is 2.29. The molecule has 0 spiro atoms. The van der Waals surface area contributed by atoms with Crippen molar-refractivity contribution in [3.05, 3.63) is 0 Å². The maximum absolute atomic E-state index is 11.7. The maximum atomic E-state index is 11.7. The van der Waals surface area contributed by atoms with Gasteiger partial charge in [-0.2, -0.15) is 0 Å². The van der Waals surface area contributed by atoms with Gasteiger partial charge < -0.3 is 15.5 Å². The van der Waals surface area contributed by atoms with Gasteiger partial charge in [0.25, 0.3) is 0 Å². The molecule has 0 aliphatic heterocycles. The summed E-state index contributed by atoms with van der Waals surface area (Å²) >= 11 is 0. The molecular formula is C14H23NO5. The lowest BCUT2D eigenvalue weighted by Crippen LogP contribution is -2.41. The van der Waals surface area contributed by atoms with Crippen molar-refractivity contribution in [1.82, 2.24) is 5.32 Å². The van der Waals surface area contributed by atoms with Crippen LogP contribution in [0.15, 0.2) is 0 Å². The highest BCUT2D eigenvalue weighted by Crippen LogP contribution is 2.27. The van der Waals surface area contributed by atoms with Crippen LogP contribution in [-0.2, 0) is 14.4 Å². The Bertz CT molecular complexity index is 349. The van der Waals surface area contributed by atoms with Crippen molar-refractivity contribution in [2.75, 3.05) is 0 Å². The third kappa shape index (κ3) is 6.54. The number of carbonyl (C=O) groups is 3. The van der Waals surface area contributed by atoms with Crippen molar-refractivity contribution in [1.29, 1.82) is 0 Å². The van der Waals surface area contributed by atoms with Crippen molar-refractivity contribution < 1.29 is 24.6 Å². The van der Waals surface area contributed by atoms with Crippen LogP contribution >= 0.6 is 0 Å². The Morgan fingerprint density at radius 2 is 1.70 bits per heavy atom. The fourth-order valence-electron chi connectivity index (χ4n) is 2.60. The average molecular weight is 285 g/mol. The molecule has 3 N–H and O–H groups in total. The average Bonchev–Trinajstić information content (AvgIpc) is 2.41. The number of hydrogen-bond donors (Lipinski definition) is 3. The minimum atomic E-state index is -1.18. The predicted molar refractivity (Wildman–Crippen MR) is 72.2 cm³/mol. The first-order valence-electron chi connectivity index (χ1n) is 7.23. The molecule has 20 heavy (non-hydrogen) atoms. The van der Waals surface area contributed by atoms with Crippen molar-refractivity contribution >= 4 is 17.8 Å². The molecule has 0 aromatic carbocycles. The second kappa shape index (κ2) is 8.55. The quantitative estimate of drug-likeness (QED) is 0.630. The molecule has 1 atom stereocenters. The van der Waals surface area contributed by atoms with Gasteiger partial charge in [0.1, 0.15) is 6.04 Å². The molecule has 0 saturated heterocycles. The van der Waals surface area contributed by atoms with Gasteiger partial charge in [-0.25, -0.2) is 4.79 Å². The third-order valence-corrected chi connectivity index (χ3v) is 3.78. The summed E-state index contributed by atoms with van der Waals surface area (Å²) < 4.78 is 0.